The summed E-state index contributed by atoms with van der Waals surface area (Å²) in [6.07, 6.45) is 1.76. The Labute approximate surface area is 144 Å². The molecule has 0 aliphatic heterocycles. The number of anilines is 1. The number of nitrogens with one attached hydrogen (secondary N) is 1. The van der Waals surface area contributed by atoms with Gasteiger partial charge < -0.3 is 10.4 Å². The van der Waals surface area contributed by atoms with Crippen LogP contribution < -0.4 is 5.32 Å². The Bertz CT molecular complexity index is 868. The molecule has 0 aromatic carbocycles. The summed E-state index contributed by atoms with van der Waals surface area (Å²) in [5.41, 5.74) is 1.58. The number of ketones is 1. The van der Waals surface area contributed by atoms with E-state index in [0.29, 0.717) is 5.82 Å². The Morgan fingerprint density at radius 3 is 2.75 bits per heavy atom. The van der Waals surface area contributed by atoms with Crippen molar-refractivity contribution in [2.45, 2.75) is 26.8 Å². The molecule has 0 fully saturated rings. The van der Waals surface area contributed by atoms with Gasteiger partial charge in [0, 0.05) is 0 Å². The second-order valence-corrected chi connectivity index (χ2v) is 7.11. The SMILES string of the molecule is CC(=O)c1ccc(-c2cnc3ccc(NC(CO)C(C)C)nn23)s1. The lowest BCUT2D eigenvalue weighted by molar-refractivity contribution is 0.102. The van der Waals surface area contributed by atoms with E-state index in [1.165, 1.54) is 11.3 Å². The molecule has 0 aliphatic rings. The minimum atomic E-state index is -0.0621. The lowest BCUT2D eigenvalue weighted by Gasteiger charge is -2.20. The highest BCUT2D eigenvalue weighted by atomic mass is 32.1. The van der Waals surface area contributed by atoms with Crippen molar-refractivity contribution in [1.29, 1.82) is 0 Å². The number of thiophene rings is 1. The summed E-state index contributed by atoms with van der Waals surface area (Å²) >= 11 is 1.43. The van der Waals surface area contributed by atoms with Crippen LogP contribution in [0.3, 0.4) is 0 Å². The molecule has 3 rings (SSSR count). The van der Waals surface area contributed by atoms with Gasteiger partial charge in [-0.15, -0.1) is 16.4 Å². The van der Waals surface area contributed by atoms with Gasteiger partial charge in [0.15, 0.2) is 11.4 Å². The van der Waals surface area contributed by atoms with Crippen LogP contribution in [0.15, 0.2) is 30.5 Å². The smallest absolute Gasteiger partial charge is 0.169 e. The first-order valence-electron chi connectivity index (χ1n) is 7.83. The molecule has 0 bridgehead atoms. The normalized spacial score (nSPS) is 12.7. The highest BCUT2D eigenvalue weighted by molar-refractivity contribution is 7.17. The van der Waals surface area contributed by atoms with Crippen LogP contribution in [-0.2, 0) is 0 Å². The molecule has 0 aliphatic carbocycles. The minimum Gasteiger partial charge on any atom is -0.394 e. The van der Waals surface area contributed by atoms with Gasteiger partial charge in [-0.1, -0.05) is 13.8 Å². The van der Waals surface area contributed by atoms with Crippen molar-refractivity contribution in [3.8, 4) is 10.6 Å². The minimum absolute atomic E-state index is 0.0427. The number of aromatic nitrogens is 3. The highest BCUT2D eigenvalue weighted by Crippen LogP contribution is 2.29. The summed E-state index contributed by atoms with van der Waals surface area (Å²) in [7, 11) is 0. The van der Waals surface area contributed by atoms with Crippen LogP contribution >= 0.6 is 11.3 Å². The Morgan fingerprint density at radius 2 is 2.12 bits per heavy atom. The number of fused-ring (bicyclic) bond motifs is 1. The zero-order chi connectivity index (χ0) is 17.3. The van der Waals surface area contributed by atoms with Gasteiger partial charge in [0.25, 0.3) is 0 Å². The van der Waals surface area contributed by atoms with Crippen molar-refractivity contribution in [2.75, 3.05) is 11.9 Å². The van der Waals surface area contributed by atoms with Gasteiger partial charge >= 0.3 is 0 Å². The van der Waals surface area contributed by atoms with E-state index < -0.39 is 0 Å². The fraction of sp³-hybridized carbons (Fsp3) is 0.353. The number of carbonyl (C=O) groups excluding carboxylic acids is 1. The Morgan fingerprint density at radius 1 is 1.33 bits per heavy atom. The van der Waals surface area contributed by atoms with Crippen molar-refractivity contribution in [2.24, 2.45) is 5.92 Å². The maximum atomic E-state index is 11.5. The molecule has 7 heteroatoms. The first-order chi connectivity index (χ1) is 11.5. The third-order valence-corrected chi connectivity index (χ3v) is 5.11. The maximum absolute atomic E-state index is 11.5. The van der Waals surface area contributed by atoms with Crippen molar-refractivity contribution in [3.63, 3.8) is 0 Å². The lowest BCUT2D eigenvalue weighted by Crippen LogP contribution is -2.30. The molecule has 1 atom stereocenters. The van der Waals surface area contributed by atoms with Gasteiger partial charge in [-0.25, -0.2) is 9.50 Å². The van der Waals surface area contributed by atoms with E-state index in [0.717, 1.165) is 21.1 Å². The molecular formula is C17H20N4O2S. The molecule has 24 heavy (non-hydrogen) atoms. The third kappa shape index (κ3) is 3.18. The van der Waals surface area contributed by atoms with Crippen LogP contribution in [0.2, 0.25) is 0 Å². The molecule has 0 saturated heterocycles. The molecule has 3 aromatic rings. The van der Waals surface area contributed by atoms with Crippen molar-refractivity contribution >= 4 is 28.6 Å². The molecule has 0 amide bonds. The number of carbonyl (C=O) groups is 1. The molecule has 0 saturated carbocycles. The van der Waals surface area contributed by atoms with E-state index in [9.17, 15) is 9.90 Å². The Kier molecular flexibility index (Phi) is 4.64. The number of aliphatic hydroxyl groups excluding tert-OH is 1. The summed E-state index contributed by atoms with van der Waals surface area (Å²) in [6.45, 7) is 5.69. The third-order valence-electron chi connectivity index (χ3n) is 3.90. The number of hydrogen-bond donors (Lipinski definition) is 2. The van der Waals surface area contributed by atoms with Gasteiger partial charge in [-0.3, -0.25) is 4.79 Å². The van der Waals surface area contributed by atoms with Crippen molar-refractivity contribution in [1.82, 2.24) is 14.6 Å². The fourth-order valence-corrected chi connectivity index (χ4v) is 3.29. The summed E-state index contributed by atoms with van der Waals surface area (Å²) in [4.78, 5) is 17.5. The average Bonchev–Trinajstić information content (AvgIpc) is 3.18. The molecule has 3 heterocycles. The van der Waals surface area contributed by atoms with Crippen LogP contribution in [0.25, 0.3) is 16.2 Å². The predicted octanol–water partition coefficient (Wildman–Crippen LogP) is 3.09. The van der Waals surface area contributed by atoms with Gasteiger partial charge in [0.1, 0.15) is 11.5 Å². The predicted molar refractivity (Wildman–Crippen MR) is 95.6 cm³/mol. The quantitative estimate of drug-likeness (QED) is 0.672. The number of rotatable bonds is 6. The summed E-state index contributed by atoms with van der Waals surface area (Å²) < 4.78 is 1.76. The number of aliphatic hydroxyl groups is 1. The summed E-state index contributed by atoms with van der Waals surface area (Å²) in [5.74, 6) is 1.01. The second kappa shape index (κ2) is 6.70. The standard InChI is InChI=1S/C17H20N4O2S/c1-10(2)12(9-22)19-16-6-7-17-18-8-13(21(17)20-16)15-5-4-14(24-15)11(3)23/h4-8,10,12,22H,9H2,1-3H3,(H,19,20). The van der Waals surface area contributed by atoms with E-state index in [1.54, 1.807) is 17.6 Å². The van der Waals surface area contributed by atoms with Crippen LogP contribution in [0.1, 0.15) is 30.4 Å². The monoisotopic (exact) mass is 344 g/mol. The van der Waals surface area contributed by atoms with Crippen LogP contribution in [-0.4, -0.2) is 38.1 Å². The topological polar surface area (TPSA) is 79.5 Å². The highest BCUT2D eigenvalue weighted by Gasteiger charge is 2.15. The number of nitrogens with zero attached hydrogens (tertiary/aromatic N) is 3. The van der Waals surface area contributed by atoms with Gasteiger partial charge in [0.2, 0.25) is 0 Å². The average molecular weight is 344 g/mol. The zero-order valence-corrected chi connectivity index (χ0v) is 14.7. The molecule has 0 radical (unpaired) electrons. The van der Waals surface area contributed by atoms with Gasteiger partial charge in [0.05, 0.1) is 28.6 Å². The van der Waals surface area contributed by atoms with Crippen LogP contribution in [0.5, 0.6) is 0 Å². The molecular weight excluding hydrogens is 324 g/mol. The van der Waals surface area contributed by atoms with E-state index >= 15 is 0 Å². The van der Waals surface area contributed by atoms with E-state index in [1.807, 2.05) is 38.1 Å². The van der Waals surface area contributed by atoms with Gasteiger partial charge in [-0.05, 0) is 37.1 Å². The first-order valence-corrected chi connectivity index (χ1v) is 8.64. The van der Waals surface area contributed by atoms with Crippen molar-refractivity contribution < 1.29 is 9.90 Å². The number of Topliss-reactive ketones (excluding diaryl/α,β-unsaturated/α-hetero) is 1. The van der Waals surface area contributed by atoms with Crippen molar-refractivity contribution in [3.05, 3.63) is 35.3 Å². The first kappa shape index (κ1) is 16.6. The molecule has 2 N–H and O–H groups in total. The number of imidazole rings is 1. The second-order valence-electron chi connectivity index (χ2n) is 6.03. The van der Waals surface area contributed by atoms with E-state index in [4.69, 9.17) is 0 Å². The summed E-state index contributed by atoms with van der Waals surface area (Å²) in [6, 6.07) is 7.41. The van der Waals surface area contributed by atoms with E-state index in [2.05, 4.69) is 15.4 Å². The van der Waals surface area contributed by atoms with Crippen LogP contribution in [0.4, 0.5) is 5.82 Å². The largest absolute Gasteiger partial charge is 0.394 e. The lowest BCUT2D eigenvalue weighted by atomic mass is 10.1. The van der Waals surface area contributed by atoms with Gasteiger partial charge in [-0.2, -0.15) is 0 Å². The number of hydrogen-bond acceptors (Lipinski definition) is 6. The summed E-state index contributed by atoms with van der Waals surface area (Å²) in [5, 5.41) is 17.3. The molecule has 0 spiro atoms. The van der Waals surface area contributed by atoms with E-state index in [-0.39, 0.29) is 24.3 Å². The Balaban J connectivity index is 1.97. The molecule has 3 aromatic heterocycles. The molecule has 1 unspecified atom stereocenters. The Hall–Kier alpha value is -2.25. The zero-order valence-electron chi connectivity index (χ0n) is 13.9. The van der Waals surface area contributed by atoms with Crippen LogP contribution in [0, 0.1) is 5.92 Å². The maximum Gasteiger partial charge on any atom is 0.169 e. The fourth-order valence-electron chi connectivity index (χ4n) is 2.40. The molecule has 6 nitrogen and oxygen atoms in total. The molecule has 126 valence electrons.